The van der Waals surface area contributed by atoms with Gasteiger partial charge < -0.3 is 19.3 Å². The maximum absolute atomic E-state index is 13.3. The Balaban J connectivity index is 1.72. The van der Waals surface area contributed by atoms with E-state index in [4.69, 9.17) is 8.83 Å². The zero-order valence-electron chi connectivity index (χ0n) is 19.0. The fraction of sp³-hybridized carbons (Fsp3) is 0.269. The van der Waals surface area contributed by atoms with Crippen LogP contribution in [-0.2, 0) is 16.0 Å². The first-order valence-electron chi connectivity index (χ1n) is 10.9. The van der Waals surface area contributed by atoms with Crippen molar-refractivity contribution in [2.45, 2.75) is 39.7 Å². The predicted molar refractivity (Wildman–Crippen MR) is 125 cm³/mol. The van der Waals surface area contributed by atoms with E-state index >= 15 is 0 Å². The number of carboxylic acids is 1. The summed E-state index contributed by atoms with van der Waals surface area (Å²) in [6, 6.07) is 8.40. The Morgan fingerprint density at radius 3 is 2.44 bits per heavy atom. The van der Waals surface area contributed by atoms with E-state index in [0.717, 1.165) is 16.5 Å². The summed E-state index contributed by atoms with van der Waals surface area (Å²) in [6.07, 6.45) is 1.52. The van der Waals surface area contributed by atoms with Gasteiger partial charge in [0, 0.05) is 22.4 Å². The van der Waals surface area contributed by atoms with Crippen LogP contribution in [0.25, 0.3) is 33.1 Å². The van der Waals surface area contributed by atoms with Crippen molar-refractivity contribution in [3.05, 3.63) is 70.0 Å². The van der Waals surface area contributed by atoms with Crippen molar-refractivity contribution in [2.24, 2.45) is 5.92 Å². The summed E-state index contributed by atoms with van der Waals surface area (Å²) in [5.41, 5.74) is 2.37. The lowest BCUT2D eigenvalue weighted by atomic mass is 9.99. The molecule has 0 unspecified atom stereocenters. The zero-order valence-corrected chi connectivity index (χ0v) is 19.0. The number of carboxylic acid groups (broad SMARTS) is 1. The van der Waals surface area contributed by atoms with E-state index in [1.54, 1.807) is 31.4 Å². The number of furan rings is 1. The molecule has 2 heterocycles. The molecule has 7 nitrogen and oxygen atoms in total. The average Bonchev–Trinajstić information content (AvgIpc) is 3.18. The number of aryl methyl sites for hydroxylation is 1. The van der Waals surface area contributed by atoms with Gasteiger partial charge >= 0.3 is 11.6 Å². The number of aliphatic carboxylic acids is 1. The second-order valence-electron chi connectivity index (χ2n) is 8.76. The van der Waals surface area contributed by atoms with Gasteiger partial charge in [-0.2, -0.15) is 0 Å². The Morgan fingerprint density at radius 1 is 1.09 bits per heavy atom. The summed E-state index contributed by atoms with van der Waals surface area (Å²) in [4.78, 5) is 36.7. The number of hydrogen-bond acceptors (Lipinski definition) is 5. The van der Waals surface area contributed by atoms with Gasteiger partial charge in [0.1, 0.15) is 23.0 Å². The molecule has 0 saturated carbocycles. The van der Waals surface area contributed by atoms with Crippen molar-refractivity contribution in [3.63, 3.8) is 0 Å². The van der Waals surface area contributed by atoms with E-state index in [-0.39, 0.29) is 30.1 Å². The minimum Gasteiger partial charge on any atom is -0.480 e. The number of amides is 1. The first-order valence-corrected chi connectivity index (χ1v) is 10.9. The highest BCUT2D eigenvalue weighted by Gasteiger charge is 2.23. The van der Waals surface area contributed by atoms with Crippen LogP contribution in [0.15, 0.2) is 56.3 Å². The average molecular weight is 465 g/mol. The largest absolute Gasteiger partial charge is 0.480 e. The van der Waals surface area contributed by atoms with Crippen LogP contribution in [0.5, 0.6) is 0 Å². The Bertz CT molecular complexity index is 1450. The summed E-state index contributed by atoms with van der Waals surface area (Å²) in [5.74, 6) is -1.97. The SMILES string of the molecule is Cc1c(CC(=O)N[C@@H](CC(C)C)C(=O)O)c(=O)oc2cc3occ(-c4ccc(F)cc4)c3cc12. The van der Waals surface area contributed by atoms with Crippen LogP contribution in [0.4, 0.5) is 4.39 Å². The third kappa shape index (κ3) is 4.57. The van der Waals surface area contributed by atoms with E-state index in [1.807, 2.05) is 19.9 Å². The first kappa shape index (κ1) is 23.2. The van der Waals surface area contributed by atoms with Crippen LogP contribution in [-0.4, -0.2) is 23.0 Å². The van der Waals surface area contributed by atoms with Crippen molar-refractivity contribution in [3.8, 4) is 11.1 Å². The molecule has 0 bridgehead atoms. The molecule has 0 aliphatic carbocycles. The zero-order chi connectivity index (χ0) is 24.6. The minimum absolute atomic E-state index is 0.0709. The quantitative estimate of drug-likeness (QED) is 0.379. The van der Waals surface area contributed by atoms with Crippen LogP contribution in [0, 0.1) is 18.7 Å². The summed E-state index contributed by atoms with van der Waals surface area (Å²) >= 11 is 0. The van der Waals surface area contributed by atoms with Crippen LogP contribution in [0.1, 0.15) is 31.4 Å². The summed E-state index contributed by atoms with van der Waals surface area (Å²) in [6.45, 7) is 5.44. The molecule has 34 heavy (non-hydrogen) atoms. The Labute approximate surface area is 194 Å². The number of benzene rings is 2. The minimum atomic E-state index is -1.13. The molecule has 2 aromatic heterocycles. The van der Waals surface area contributed by atoms with Crippen molar-refractivity contribution >= 4 is 33.8 Å². The van der Waals surface area contributed by atoms with Gasteiger partial charge in [-0.25, -0.2) is 14.0 Å². The molecule has 8 heteroatoms. The third-order valence-corrected chi connectivity index (χ3v) is 5.81. The third-order valence-electron chi connectivity index (χ3n) is 5.81. The molecular weight excluding hydrogens is 441 g/mol. The molecule has 0 radical (unpaired) electrons. The van der Waals surface area contributed by atoms with Gasteiger partial charge in [0.15, 0.2) is 0 Å². The fourth-order valence-electron chi connectivity index (χ4n) is 4.07. The van der Waals surface area contributed by atoms with E-state index in [0.29, 0.717) is 22.1 Å². The van der Waals surface area contributed by atoms with Gasteiger partial charge in [-0.15, -0.1) is 0 Å². The van der Waals surface area contributed by atoms with E-state index < -0.39 is 23.5 Å². The van der Waals surface area contributed by atoms with Gasteiger partial charge in [0.2, 0.25) is 5.91 Å². The van der Waals surface area contributed by atoms with Gasteiger partial charge in [-0.3, -0.25) is 4.79 Å². The maximum Gasteiger partial charge on any atom is 0.340 e. The number of carbonyl (C=O) groups is 2. The number of carbonyl (C=O) groups excluding carboxylic acids is 1. The molecule has 0 aliphatic heterocycles. The van der Waals surface area contributed by atoms with Crippen molar-refractivity contribution < 1.29 is 27.9 Å². The molecule has 2 aromatic carbocycles. The molecule has 0 saturated heterocycles. The number of fused-ring (bicyclic) bond motifs is 2. The maximum atomic E-state index is 13.3. The molecule has 1 atom stereocenters. The molecule has 0 aliphatic rings. The summed E-state index contributed by atoms with van der Waals surface area (Å²) in [7, 11) is 0. The van der Waals surface area contributed by atoms with Crippen molar-refractivity contribution in [2.75, 3.05) is 0 Å². The molecule has 176 valence electrons. The van der Waals surface area contributed by atoms with Gasteiger partial charge in [0.25, 0.3) is 0 Å². The van der Waals surface area contributed by atoms with E-state index in [9.17, 15) is 23.9 Å². The molecule has 0 fully saturated rings. The van der Waals surface area contributed by atoms with Crippen LogP contribution in [0.3, 0.4) is 0 Å². The molecule has 4 rings (SSSR count). The summed E-state index contributed by atoms with van der Waals surface area (Å²) in [5, 5.41) is 13.2. The smallest absolute Gasteiger partial charge is 0.340 e. The fourth-order valence-corrected chi connectivity index (χ4v) is 4.07. The van der Waals surface area contributed by atoms with Crippen molar-refractivity contribution in [1.29, 1.82) is 0 Å². The second-order valence-corrected chi connectivity index (χ2v) is 8.76. The van der Waals surface area contributed by atoms with E-state index in [1.165, 1.54) is 12.1 Å². The molecular formula is C26H24FNO6. The summed E-state index contributed by atoms with van der Waals surface area (Å²) < 4.78 is 24.5. The number of hydrogen-bond donors (Lipinski definition) is 2. The second kappa shape index (κ2) is 9.13. The Hall–Kier alpha value is -3.94. The molecule has 2 N–H and O–H groups in total. The highest BCUT2D eigenvalue weighted by molar-refractivity contribution is 6.02. The first-order chi connectivity index (χ1) is 16.1. The van der Waals surface area contributed by atoms with Crippen LogP contribution < -0.4 is 10.9 Å². The van der Waals surface area contributed by atoms with E-state index in [2.05, 4.69) is 5.32 Å². The van der Waals surface area contributed by atoms with Gasteiger partial charge in [-0.05, 0) is 48.6 Å². The normalized spacial score (nSPS) is 12.4. The highest BCUT2D eigenvalue weighted by atomic mass is 19.1. The topological polar surface area (TPSA) is 110 Å². The molecule has 1 amide bonds. The standard InChI is InChI=1S/C26H24FNO6/c1-13(2)8-21(25(30)31)28-24(29)10-18-14(3)17-9-19-20(15-4-6-16(27)7-5-15)12-33-22(19)11-23(17)34-26(18)32/h4-7,9,11-13,21H,8,10H2,1-3H3,(H,28,29)(H,30,31)/t21-/m0/s1. The molecule has 4 aromatic rings. The number of rotatable bonds is 7. The van der Waals surface area contributed by atoms with Crippen LogP contribution >= 0.6 is 0 Å². The number of halogens is 1. The highest BCUT2D eigenvalue weighted by Crippen LogP contribution is 2.34. The Morgan fingerprint density at radius 2 is 1.79 bits per heavy atom. The number of nitrogens with one attached hydrogen (secondary N) is 1. The monoisotopic (exact) mass is 465 g/mol. The lowest BCUT2D eigenvalue weighted by Crippen LogP contribution is -2.42. The van der Waals surface area contributed by atoms with Crippen molar-refractivity contribution in [1.82, 2.24) is 5.32 Å². The van der Waals surface area contributed by atoms with Gasteiger partial charge in [-0.1, -0.05) is 26.0 Å². The molecule has 0 spiro atoms. The lowest BCUT2D eigenvalue weighted by molar-refractivity contribution is -0.142. The predicted octanol–water partition coefficient (Wildman–Crippen LogP) is 4.81. The lowest BCUT2D eigenvalue weighted by Gasteiger charge is -2.16. The Kier molecular flexibility index (Phi) is 6.24. The van der Waals surface area contributed by atoms with Gasteiger partial charge in [0.05, 0.1) is 18.2 Å². The van der Waals surface area contributed by atoms with Crippen LogP contribution in [0.2, 0.25) is 0 Å².